The molecule has 1 spiro atoms. The van der Waals surface area contributed by atoms with Crippen LogP contribution in [0.3, 0.4) is 0 Å². The van der Waals surface area contributed by atoms with Gasteiger partial charge in [0.05, 0.1) is 13.2 Å². The van der Waals surface area contributed by atoms with Gasteiger partial charge in [0.25, 0.3) is 5.91 Å². The summed E-state index contributed by atoms with van der Waals surface area (Å²) in [7, 11) is 0. The molecule has 22 heavy (non-hydrogen) atoms. The van der Waals surface area contributed by atoms with Gasteiger partial charge in [-0.25, -0.2) is 4.98 Å². The van der Waals surface area contributed by atoms with Crippen LogP contribution in [0, 0.1) is 0 Å². The Balaban J connectivity index is 1.44. The van der Waals surface area contributed by atoms with Gasteiger partial charge in [-0.1, -0.05) is 0 Å². The molecule has 1 amide bonds. The van der Waals surface area contributed by atoms with E-state index in [9.17, 15) is 4.79 Å². The number of carbonyl (C=O) groups is 1. The lowest BCUT2D eigenvalue weighted by Crippen LogP contribution is -2.47. The molecule has 2 aliphatic rings. The molecule has 0 aliphatic carbocycles. The Morgan fingerprint density at radius 1 is 1.23 bits per heavy atom. The zero-order chi connectivity index (χ0) is 15.0. The molecule has 4 heterocycles. The Kier molecular flexibility index (Phi) is 3.73. The van der Waals surface area contributed by atoms with Gasteiger partial charge in [-0.3, -0.25) is 4.79 Å². The number of nitrogens with zero attached hydrogens (tertiary/aromatic N) is 2. The second kappa shape index (κ2) is 5.73. The second-order valence-corrected chi connectivity index (χ2v) is 7.09. The number of carbonyl (C=O) groups excluding carboxylic acids is 1. The fourth-order valence-electron chi connectivity index (χ4n) is 2.89. The molecular weight excluding hydrogens is 320 g/mol. The van der Waals surface area contributed by atoms with Gasteiger partial charge in [0.1, 0.15) is 10.7 Å². The minimum atomic E-state index is -0.444. The predicted molar refractivity (Wildman–Crippen MR) is 85.2 cm³/mol. The minimum absolute atomic E-state index is 0.00516. The third-order valence-electron chi connectivity index (χ3n) is 4.12. The summed E-state index contributed by atoms with van der Waals surface area (Å²) in [5.74, 6) is -0.439. The van der Waals surface area contributed by atoms with Crippen LogP contribution in [0.15, 0.2) is 22.2 Å². The number of rotatable bonds is 2. The smallest absolute Gasteiger partial charge is 0.273 e. The van der Waals surface area contributed by atoms with Crippen molar-refractivity contribution in [3.63, 3.8) is 0 Å². The molecule has 0 saturated carbocycles. The maximum atomic E-state index is 12.6. The fourth-order valence-corrected chi connectivity index (χ4v) is 4.39. The summed E-state index contributed by atoms with van der Waals surface area (Å²) in [6.07, 6.45) is 1.47. The standard InChI is InChI=1S/C15H16N2O3S2/c18-14(12-10-22-13(16-12)11-1-8-21-9-11)17-4-2-15(3-5-17)19-6-7-20-15/h1,8-10H,2-7H2. The van der Waals surface area contributed by atoms with Gasteiger partial charge >= 0.3 is 0 Å². The van der Waals surface area contributed by atoms with E-state index < -0.39 is 5.79 Å². The van der Waals surface area contributed by atoms with Crippen LogP contribution in [-0.2, 0) is 9.47 Å². The highest BCUT2D eigenvalue weighted by Crippen LogP contribution is 2.32. The van der Waals surface area contributed by atoms with E-state index >= 15 is 0 Å². The van der Waals surface area contributed by atoms with Crippen LogP contribution in [0.1, 0.15) is 23.3 Å². The molecule has 0 unspecified atom stereocenters. The number of aromatic nitrogens is 1. The van der Waals surface area contributed by atoms with Gasteiger partial charge in [-0.05, 0) is 11.4 Å². The maximum Gasteiger partial charge on any atom is 0.273 e. The monoisotopic (exact) mass is 336 g/mol. The van der Waals surface area contributed by atoms with Crippen molar-refractivity contribution < 1.29 is 14.3 Å². The molecule has 2 fully saturated rings. The summed E-state index contributed by atoms with van der Waals surface area (Å²) >= 11 is 3.15. The van der Waals surface area contributed by atoms with Crippen molar-refractivity contribution in [2.75, 3.05) is 26.3 Å². The Hall–Kier alpha value is -1.28. The van der Waals surface area contributed by atoms with E-state index in [0.717, 1.165) is 23.4 Å². The van der Waals surface area contributed by atoms with Crippen LogP contribution in [0.25, 0.3) is 10.6 Å². The van der Waals surface area contributed by atoms with Crippen LogP contribution in [0.5, 0.6) is 0 Å². The molecule has 7 heteroatoms. The molecule has 5 nitrogen and oxygen atoms in total. The summed E-state index contributed by atoms with van der Waals surface area (Å²) in [5, 5.41) is 6.82. The van der Waals surface area contributed by atoms with Crippen LogP contribution in [0.2, 0.25) is 0 Å². The van der Waals surface area contributed by atoms with Crippen molar-refractivity contribution in [3.8, 4) is 10.6 Å². The molecular formula is C15H16N2O3S2. The number of hydrogen-bond acceptors (Lipinski definition) is 6. The molecule has 0 N–H and O–H groups in total. The van der Waals surface area contributed by atoms with Crippen molar-refractivity contribution in [1.82, 2.24) is 9.88 Å². The Bertz CT molecular complexity index is 652. The van der Waals surface area contributed by atoms with E-state index in [4.69, 9.17) is 9.47 Å². The third kappa shape index (κ3) is 2.58. The first-order valence-electron chi connectivity index (χ1n) is 7.31. The van der Waals surface area contributed by atoms with Gasteiger partial charge in [-0.15, -0.1) is 11.3 Å². The van der Waals surface area contributed by atoms with E-state index in [2.05, 4.69) is 4.98 Å². The number of piperidine rings is 1. The number of likely N-dealkylation sites (tertiary alicyclic amines) is 1. The zero-order valence-corrected chi connectivity index (χ0v) is 13.6. The molecule has 0 atom stereocenters. The van der Waals surface area contributed by atoms with Gasteiger partial charge in [0.2, 0.25) is 0 Å². The maximum absolute atomic E-state index is 12.6. The van der Waals surface area contributed by atoms with E-state index in [1.165, 1.54) is 11.3 Å². The van der Waals surface area contributed by atoms with Crippen LogP contribution < -0.4 is 0 Å². The van der Waals surface area contributed by atoms with Crippen molar-refractivity contribution >= 4 is 28.6 Å². The molecule has 2 saturated heterocycles. The third-order valence-corrected chi connectivity index (χ3v) is 5.69. The lowest BCUT2D eigenvalue weighted by molar-refractivity contribution is -0.181. The lowest BCUT2D eigenvalue weighted by Gasteiger charge is -2.37. The topological polar surface area (TPSA) is 51.7 Å². The first-order chi connectivity index (χ1) is 10.8. The van der Waals surface area contributed by atoms with Crippen molar-refractivity contribution in [1.29, 1.82) is 0 Å². The molecule has 116 valence electrons. The highest BCUT2D eigenvalue weighted by Gasteiger charge is 2.41. The van der Waals surface area contributed by atoms with Crippen molar-refractivity contribution in [2.24, 2.45) is 0 Å². The number of hydrogen-bond donors (Lipinski definition) is 0. The predicted octanol–water partition coefficient (Wildman–Crippen LogP) is 2.85. The Morgan fingerprint density at radius 2 is 2.00 bits per heavy atom. The van der Waals surface area contributed by atoms with E-state index in [0.29, 0.717) is 32.0 Å². The van der Waals surface area contributed by atoms with Gasteiger partial charge in [0.15, 0.2) is 5.79 Å². The summed E-state index contributed by atoms with van der Waals surface area (Å²) in [6.45, 7) is 2.63. The average molecular weight is 336 g/mol. The second-order valence-electron chi connectivity index (χ2n) is 5.45. The van der Waals surface area contributed by atoms with Gasteiger partial charge in [-0.2, -0.15) is 11.3 Å². The highest BCUT2D eigenvalue weighted by atomic mass is 32.1. The fraction of sp³-hybridized carbons (Fsp3) is 0.467. The number of thiazole rings is 1. The Morgan fingerprint density at radius 3 is 2.68 bits per heavy atom. The lowest BCUT2D eigenvalue weighted by atomic mass is 10.0. The average Bonchev–Trinajstić information content (AvgIpc) is 3.29. The molecule has 0 bridgehead atoms. The molecule has 2 aromatic rings. The normalized spacial score (nSPS) is 20.6. The summed E-state index contributed by atoms with van der Waals surface area (Å²) in [4.78, 5) is 18.9. The Labute approximate surface area is 136 Å². The molecule has 0 radical (unpaired) electrons. The highest BCUT2D eigenvalue weighted by molar-refractivity contribution is 7.14. The van der Waals surface area contributed by atoms with Gasteiger partial charge in [0, 0.05) is 42.3 Å². The quantitative estimate of drug-likeness (QED) is 0.846. The summed E-state index contributed by atoms with van der Waals surface area (Å²) < 4.78 is 11.4. The van der Waals surface area contributed by atoms with Crippen molar-refractivity contribution in [3.05, 3.63) is 27.9 Å². The minimum Gasteiger partial charge on any atom is -0.347 e. The molecule has 2 aliphatic heterocycles. The largest absolute Gasteiger partial charge is 0.347 e. The summed E-state index contributed by atoms with van der Waals surface area (Å²) in [5.41, 5.74) is 1.62. The number of thiophene rings is 1. The zero-order valence-electron chi connectivity index (χ0n) is 12.0. The first kappa shape index (κ1) is 14.3. The van der Waals surface area contributed by atoms with E-state index in [1.807, 2.05) is 27.1 Å². The van der Waals surface area contributed by atoms with Crippen LogP contribution in [0.4, 0.5) is 0 Å². The SMILES string of the molecule is O=C(c1csc(-c2ccsc2)n1)N1CCC2(CC1)OCCO2. The molecule has 2 aromatic heterocycles. The number of ether oxygens (including phenoxy) is 2. The van der Waals surface area contributed by atoms with Crippen LogP contribution in [-0.4, -0.2) is 47.9 Å². The van der Waals surface area contributed by atoms with E-state index in [1.54, 1.807) is 11.3 Å². The molecule has 4 rings (SSSR count). The number of amides is 1. The van der Waals surface area contributed by atoms with Crippen molar-refractivity contribution in [2.45, 2.75) is 18.6 Å². The van der Waals surface area contributed by atoms with Gasteiger partial charge < -0.3 is 14.4 Å². The van der Waals surface area contributed by atoms with Crippen LogP contribution >= 0.6 is 22.7 Å². The van der Waals surface area contributed by atoms with E-state index in [-0.39, 0.29) is 5.91 Å². The molecule has 0 aromatic carbocycles. The summed E-state index contributed by atoms with van der Waals surface area (Å²) in [6, 6.07) is 2.02. The first-order valence-corrected chi connectivity index (χ1v) is 9.13.